The molecule has 0 spiro atoms. The number of imidazole rings is 1. The lowest BCUT2D eigenvalue weighted by Gasteiger charge is -2.32. The Balaban J connectivity index is 1.51. The number of hydrogen-bond acceptors (Lipinski definition) is 5. The quantitative estimate of drug-likeness (QED) is 0.784. The third-order valence-electron chi connectivity index (χ3n) is 4.30. The first kappa shape index (κ1) is 17.5. The normalized spacial score (nSPS) is 15.3. The summed E-state index contributed by atoms with van der Waals surface area (Å²) in [6.07, 6.45) is 8.63. The highest BCUT2D eigenvalue weighted by atomic mass is 32.2. The van der Waals surface area contributed by atoms with Crippen LogP contribution in [0.2, 0.25) is 0 Å². The van der Waals surface area contributed by atoms with Gasteiger partial charge in [0.2, 0.25) is 11.8 Å². The number of piperidine rings is 1. The summed E-state index contributed by atoms with van der Waals surface area (Å²) in [5.41, 5.74) is 5.28. The third kappa shape index (κ3) is 4.60. The molecule has 2 N–H and O–H groups in total. The van der Waals surface area contributed by atoms with E-state index in [9.17, 15) is 9.59 Å². The number of nitrogens with two attached hydrogens (primary N) is 1. The van der Waals surface area contributed by atoms with Crippen molar-refractivity contribution in [3.05, 3.63) is 42.7 Å². The number of hydrogen-bond donors (Lipinski definition) is 1. The van der Waals surface area contributed by atoms with E-state index in [1.807, 2.05) is 21.6 Å². The SMILES string of the molecule is NC(=O)Cn1ccnc1C1CCN(C(=O)CSc2ccncc2)CC1. The van der Waals surface area contributed by atoms with Crippen molar-refractivity contribution in [1.82, 2.24) is 19.4 Å². The molecule has 8 heteroatoms. The van der Waals surface area contributed by atoms with Gasteiger partial charge in [-0.2, -0.15) is 0 Å². The van der Waals surface area contributed by atoms with Gasteiger partial charge in [0, 0.05) is 48.7 Å². The third-order valence-corrected chi connectivity index (χ3v) is 5.30. The van der Waals surface area contributed by atoms with Crippen LogP contribution < -0.4 is 5.73 Å². The zero-order valence-corrected chi connectivity index (χ0v) is 14.7. The summed E-state index contributed by atoms with van der Waals surface area (Å²) in [7, 11) is 0. The summed E-state index contributed by atoms with van der Waals surface area (Å²) in [5, 5.41) is 0. The molecule has 132 valence electrons. The monoisotopic (exact) mass is 359 g/mol. The van der Waals surface area contributed by atoms with Gasteiger partial charge < -0.3 is 15.2 Å². The van der Waals surface area contributed by atoms with Crippen LogP contribution in [0.3, 0.4) is 0 Å². The molecule has 0 bridgehead atoms. The van der Waals surface area contributed by atoms with Crippen LogP contribution in [0, 0.1) is 0 Å². The minimum atomic E-state index is -0.375. The maximum Gasteiger partial charge on any atom is 0.237 e. The maximum atomic E-state index is 12.4. The number of nitrogens with zero attached hydrogens (tertiary/aromatic N) is 4. The molecule has 25 heavy (non-hydrogen) atoms. The Morgan fingerprint density at radius 2 is 1.92 bits per heavy atom. The lowest BCUT2D eigenvalue weighted by atomic mass is 9.96. The molecule has 0 saturated carbocycles. The van der Waals surface area contributed by atoms with Crippen LogP contribution in [0.1, 0.15) is 24.6 Å². The fourth-order valence-corrected chi connectivity index (χ4v) is 3.83. The van der Waals surface area contributed by atoms with Crippen molar-refractivity contribution in [3.8, 4) is 0 Å². The van der Waals surface area contributed by atoms with Crippen LogP contribution in [0.4, 0.5) is 0 Å². The molecule has 2 amide bonds. The Labute approximate surface area is 150 Å². The van der Waals surface area contributed by atoms with Crippen molar-refractivity contribution in [2.75, 3.05) is 18.8 Å². The zero-order chi connectivity index (χ0) is 17.6. The Morgan fingerprint density at radius 3 is 2.60 bits per heavy atom. The predicted molar refractivity (Wildman–Crippen MR) is 94.9 cm³/mol. The summed E-state index contributed by atoms with van der Waals surface area (Å²) < 4.78 is 1.81. The number of pyridine rings is 1. The second-order valence-electron chi connectivity index (χ2n) is 6.01. The number of rotatable bonds is 6. The summed E-state index contributed by atoms with van der Waals surface area (Å²) in [5.74, 6) is 1.36. The second kappa shape index (κ2) is 8.15. The first-order valence-corrected chi connectivity index (χ1v) is 9.22. The van der Waals surface area contributed by atoms with Crippen molar-refractivity contribution in [2.24, 2.45) is 5.73 Å². The average molecular weight is 359 g/mol. The van der Waals surface area contributed by atoms with Crippen molar-refractivity contribution in [1.29, 1.82) is 0 Å². The van der Waals surface area contributed by atoms with Crippen LogP contribution in [0.15, 0.2) is 41.8 Å². The molecule has 3 rings (SSSR count). The van der Waals surface area contributed by atoms with Gasteiger partial charge in [0.25, 0.3) is 0 Å². The van der Waals surface area contributed by atoms with Crippen molar-refractivity contribution in [2.45, 2.75) is 30.2 Å². The fraction of sp³-hybridized carbons (Fsp3) is 0.412. The fourth-order valence-electron chi connectivity index (χ4n) is 3.04. The van der Waals surface area contributed by atoms with Gasteiger partial charge in [0.05, 0.1) is 5.75 Å². The number of thioether (sulfide) groups is 1. The molecule has 0 aliphatic carbocycles. The predicted octanol–water partition coefficient (Wildman–Crippen LogP) is 1.26. The Morgan fingerprint density at radius 1 is 1.20 bits per heavy atom. The molecule has 0 atom stereocenters. The Bertz CT molecular complexity index is 726. The molecule has 0 aromatic carbocycles. The van der Waals surface area contributed by atoms with Gasteiger partial charge in [-0.15, -0.1) is 11.8 Å². The van der Waals surface area contributed by atoms with Crippen molar-refractivity contribution in [3.63, 3.8) is 0 Å². The molecule has 2 aromatic rings. The van der Waals surface area contributed by atoms with Gasteiger partial charge in [-0.3, -0.25) is 14.6 Å². The molecule has 1 saturated heterocycles. The number of carbonyl (C=O) groups is 2. The van der Waals surface area contributed by atoms with Gasteiger partial charge in [-0.05, 0) is 25.0 Å². The molecule has 2 aromatic heterocycles. The van der Waals surface area contributed by atoms with Gasteiger partial charge in [0.1, 0.15) is 12.4 Å². The van der Waals surface area contributed by atoms with E-state index in [0.717, 1.165) is 23.6 Å². The van der Waals surface area contributed by atoms with E-state index < -0.39 is 0 Å². The van der Waals surface area contributed by atoms with E-state index in [1.54, 1.807) is 24.8 Å². The van der Waals surface area contributed by atoms with Crippen LogP contribution in [-0.4, -0.2) is 50.1 Å². The molecular weight excluding hydrogens is 338 g/mol. The molecule has 1 aliphatic heterocycles. The molecule has 1 aliphatic rings. The van der Waals surface area contributed by atoms with Crippen LogP contribution >= 0.6 is 11.8 Å². The smallest absolute Gasteiger partial charge is 0.237 e. The summed E-state index contributed by atoms with van der Waals surface area (Å²) in [6, 6.07) is 3.81. The largest absolute Gasteiger partial charge is 0.368 e. The van der Waals surface area contributed by atoms with E-state index in [4.69, 9.17) is 5.73 Å². The first-order chi connectivity index (χ1) is 12.1. The highest BCUT2D eigenvalue weighted by Crippen LogP contribution is 2.27. The summed E-state index contributed by atoms with van der Waals surface area (Å²) in [4.78, 5) is 34.8. The minimum Gasteiger partial charge on any atom is -0.368 e. The van der Waals surface area contributed by atoms with E-state index in [2.05, 4.69) is 9.97 Å². The number of primary amides is 1. The molecule has 0 radical (unpaired) electrons. The first-order valence-electron chi connectivity index (χ1n) is 8.23. The van der Waals surface area contributed by atoms with Gasteiger partial charge >= 0.3 is 0 Å². The number of amides is 2. The van der Waals surface area contributed by atoms with Gasteiger partial charge in [-0.25, -0.2) is 4.98 Å². The minimum absolute atomic E-state index is 0.150. The van der Waals surface area contributed by atoms with Gasteiger partial charge in [0.15, 0.2) is 0 Å². The topological polar surface area (TPSA) is 94.1 Å². The summed E-state index contributed by atoms with van der Waals surface area (Å²) >= 11 is 1.53. The molecular formula is C17H21N5O2S. The maximum absolute atomic E-state index is 12.4. The molecule has 7 nitrogen and oxygen atoms in total. The number of likely N-dealkylation sites (tertiary alicyclic amines) is 1. The number of carbonyl (C=O) groups excluding carboxylic acids is 2. The Kier molecular flexibility index (Phi) is 5.70. The van der Waals surface area contributed by atoms with E-state index in [1.165, 1.54) is 11.8 Å². The van der Waals surface area contributed by atoms with E-state index in [0.29, 0.717) is 18.8 Å². The van der Waals surface area contributed by atoms with Gasteiger partial charge in [-0.1, -0.05) is 0 Å². The standard InChI is InChI=1S/C17H21N5O2S/c18-15(23)11-22-10-7-20-17(22)13-3-8-21(9-4-13)16(24)12-25-14-1-5-19-6-2-14/h1-2,5-7,10,13H,3-4,8-9,11-12H2,(H2,18,23). The average Bonchev–Trinajstić information content (AvgIpc) is 3.08. The molecule has 3 heterocycles. The lowest BCUT2D eigenvalue weighted by Crippen LogP contribution is -2.39. The van der Waals surface area contributed by atoms with Crippen molar-refractivity contribution < 1.29 is 9.59 Å². The van der Waals surface area contributed by atoms with Crippen LogP contribution in [0.25, 0.3) is 0 Å². The number of aromatic nitrogens is 3. The Hall–Kier alpha value is -2.35. The van der Waals surface area contributed by atoms with E-state index >= 15 is 0 Å². The molecule has 1 fully saturated rings. The molecule has 0 unspecified atom stereocenters. The lowest BCUT2D eigenvalue weighted by molar-refractivity contribution is -0.129. The summed E-state index contributed by atoms with van der Waals surface area (Å²) in [6.45, 7) is 1.57. The van der Waals surface area contributed by atoms with E-state index in [-0.39, 0.29) is 24.3 Å². The highest BCUT2D eigenvalue weighted by Gasteiger charge is 2.26. The van der Waals surface area contributed by atoms with Crippen LogP contribution in [0.5, 0.6) is 0 Å². The second-order valence-corrected chi connectivity index (χ2v) is 7.06. The zero-order valence-electron chi connectivity index (χ0n) is 13.9. The van der Waals surface area contributed by atoms with Crippen molar-refractivity contribution >= 4 is 23.6 Å². The highest BCUT2D eigenvalue weighted by molar-refractivity contribution is 8.00. The van der Waals surface area contributed by atoms with Crippen LogP contribution in [-0.2, 0) is 16.1 Å².